The molecule has 0 bridgehead atoms. The van der Waals surface area contributed by atoms with E-state index in [1.54, 1.807) is 18.2 Å². The maximum absolute atomic E-state index is 15.1. The maximum atomic E-state index is 15.1. The number of hydrogen-bond donors (Lipinski definition) is 1. The molecule has 6 heteroatoms. The number of nitrogens with one attached hydrogen (secondary N) is 1. The van der Waals surface area contributed by atoms with E-state index in [2.05, 4.69) is 5.32 Å². The second kappa shape index (κ2) is 10.5. The van der Waals surface area contributed by atoms with Crippen LogP contribution in [-0.2, 0) is 9.09 Å². The summed E-state index contributed by atoms with van der Waals surface area (Å²) in [6.45, 7) is 0. The van der Waals surface area contributed by atoms with Gasteiger partial charge in [0.1, 0.15) is 11.6 Å². The lowest BCUT2D eigenvalue weighted by atomic mass is 9.98. The van der Waals surface area contributed by atoms with Crippen molar-refractivity contribution in [2.24, 2.45) is 0 Å². The van der Waals surface area contributed by atoms with Crippen molar-refractivity contribution in [2.75, 3.05) is 24.3 Å². The minimum Gasteiger partial charge on any atom is -0.378 e. The summed E-state index contributed by atoms with van der Waals surface area (Å²) in [4.78, 5) is 1.99. The number of benzene rings is 3. The normalized spacial score (nSPS) is 17.2. The van der Waals surface area contributed by atoms with Crippen LogP contribution >= 0.6 is 7.37 Å². The monoisotopic (exact) mass is 466 g/mol. The zero-order valence-electron chi connectivity index (χ0n) is 19.3. The van der Waals surface area contributed by atoms with Gasteiger partial charge in [-0.15, -0.1) is 0 Å². The molecule has 3 aromatic rings. The highest BCUT2D eigenvalue weighted by atomic mass is 31.2. The molecule has 1 N–H and O–H groups in total. The Morgan fingerprint density at radius 3 is 2.18 bits per heavy atom. The zero-order chi connectivity index (χ0) is 23.3. The third kappa shape index (κ3) is 5.48. The second-order valence-corrected chi connectivity index (χ2v) is 11.2. The summed E-state index contributed by atoms with van der Waals surface area (Å²) >= 11 is 0. The van der Waals surface area contributed by atoms with Gasteiger partial charge in [0.15, 0.2) is 0 Å². The minimum atomic E-state index is -3.58. The van der Waals surface area contributed by atoms with Gasteiger partial charge in [0.05, 0.1) is 6.10 Å². The summed E-state index contributed by atoms with van der Waals surface area (Å²) in [7, 11) is 0.345. The number of anilines is 2. The standard InChI is InChI=1S/C27H32FN2O2P/c1-30(2)22-17-19-24(20-18-22)33(31,32-23-13-7-4-8-14-23)27(25-15-9-10-16-26(25)28)29-21-11-5-3-6-12-21/h3,5-6,9-12,15-20,23,27,29H,4,7-8,13-14H2,1-2H3. The van der Waals surface area contributed by atoms with Gasteiger partial charge in [-0.3, -0.25) is 4.57 Å². The molecule has 3 aromatic carbocycles. The van der Waals surface area contributed by atoms with Crippen LogP contribution in [0.1, 0.15) is 43.5 Å². The first-order chi connectivity index (χ1) is 16.0. The van der Waals surface area contributed by atoms with E-state index < -0.39 is 19.0 Å². The highest BCUT2D eigenvalue weighted by molar-refractivity contribution is 7.67. The van der Waals surface area contributed by atoms with Gasteiger partial charge in [0.25, 0.3) is 7.37 Å². The average molecular weight is 467 g/mol. The molecule has 0 aliphatic heterocycles. The molecular weight excluding hydrogens is 434 g/mol. The number of para-hydroxylation sites is 1. The summed E-state index contributed by atoms with van der Waals surface area (Å²) in [5.74, 6) is -1.25. The molecule has 0 heterocycles. The number of halogens is 1. The van der Waals surface area contributed by atoms with Crippen LogP contribution in [0, 0.1) is 5.82 Å². The Kier molecular flexibility index (Phi) is 7.52. The molecule has 0 amide bonds. The predicted octanol–water partition coefficient (Wildman–Crippen LogP) is 6.96. The van der Waals surface area contributed by atoms with Crippen molar-refractivity contribution < 1.29 is 13.5 Å². The van der Waals surface area contributed by atoms with Crippen molar-refractivity contribution in [3.05, 3.63) is 90.2 Å². The fourth-order valence-electron chi connectivity index (χ4n) is 4.36. The predicted molar refractivity (Wildman–Crippen MR) is 135 cm³/mol. The Bertz CT molecular complexity index is 1080. The van der Waals surface area contributed by atoms with E-state index in [0.29, 0.717) is 10.9 Å². The summed E-state index contributed by atoms with van der Waals surface area (Å²) in [6, 6.07) is 23.6. The van der Waals surface area contributed by atoms with Gasteiger partial charge in [0, 0.05) is 36.3 Å². The SMILES string of the molecule is CN(C)c1ccc(P(=O)(OC2CCCCC2)C(Nc2ccccc2)c2ccccc2F)cc1. The van der Waals surface area contributed by atoms with E-state index in [0.717, 1.165) is 37.1 Å². The van der Waals surface area contributed by atoms with E-state index in [-0.39, 0.29) is 6.10 Å². The smallest absolute Gasteiger partial charge is 0.258 e. The van der Waals surface area contributed by atoms with Crippen LogP contribution in [0.3, 0.4) is 0 Å². The third-order valence-corrected chi connectivity index (χ3v) is 8.92. The van der Waals surface area contributed by atoms with Gasteiger partial charge in [-0.05, 0) is 55.3 Å². The van der Waals surface area contributed by atoms with Crippen molar-refractivity contribution in [1.29, 1.82) is 0 Å². The molecule has 1 aliphatic rings. The molecule has 1 fully saturated rings. The van der Waals surface area contributed by atoms with E-state index in [4.69, 9.17) is 4.52 Å². The molecule has 4 rings (SSSR count). The first-order valence-electron chi connectivity index (χ1n) is 11.6. The highest BCUT2D eigenvalue weighted by Gasteiger charge is 2.41. The van der Waals surface area contributed by atoms with Crippen LogP contribution in [0.15, 0.2) is 78.9 Å². The van der Waals surface area contributed by atoms with Crippen LogP contribution in [0.2, 0.25) is 0 Å². The number of rotatable bonds is 8. The van der Waals surface area contributed by atoms with E-state index in [9.17, 15) is 4.57 Å². The largest absolute Gasteiger partial charge is 0.378 e. The van der Waals surface area contributed by atoms with Crippen molar-refractivity contribution >= 4 is 24.0 Å². The highest BCUT2D eigenvalue weighted by Crippen LogP contribution is 2.61. The Balaban J connectivity index is 1.82. The summed E-state index contributed by atoms with van der Waals surface area (Å²) < 4.78 is 36.6. The van der Waals surface area contributed by atoms with Crippen LogP contribution in [0.5, 0.6) is 0 Å². The third-order valence-electron chi connectivity index (χ3n) is 6.20. The molecule has 0 radical (unpaired) electrons. The molecule has 33 heavy (non-hydrogen) atoms. The van der Waals surface area contributed by atoms with Gasteiger partial charge in [-0.25, -0.2) is 4.39 Å². The topological polar surface area (TPSA) is 41.6 Å². The molecule has 0 spiro atoms. The molecule has 4 nitrogen and oxygen atoms in total. The first kappa shape index (κ1) is 23.5. The lowest BCUT2D eigenvalue weighted by molar-refractivity contribution is 0.159. The fourth-order valence-corrected chi connectivity index (χ4v) is 7.01. The molecule has 1 aliphatic carbocycles. The Morgan fingerprint density at radius 1 is 0.909 bits per heavy atom. The minimum absolute atomic E-state index is 0.107. The van der Waals surface area contributed by atoms with Crippen LogP contribution in [-0.4, -0.2) is 20.2 Å². The van der Waals surface area contributed by atoms with Crippen LogP contribution < -0.4 is 15.5 Å². The lowest BCUT2D eigenvalue weighted by Gasteiger charge is -2.34. The Hall–Kier alpha value is -2.62. The van der Waals surface area contributed by atoms with Crippen LogP contribution in [0.4, 0.5) is 15.8 Å². The summed E-state index contributed by atoms with van der Waals surface area (Å²) in [5, 5.41) is 3.96. The molecule has 1 saturated carbocycles. The first-order valence-corrected chi connectivity index (χ1v) is 13.3. The molecule has 0 saturated heterocycles. The molecule has 2 unspecified atom stereocenters. The number of hydrogen-bond acceptors (Lipinski definition) is 4. The molecule has 2 atom stereocenters. The van der Waals surface area contributed by atoms with E-state index in [1.165, 1.54) is 12.5 Å². The van der Waals surface area contributed by atoms with Crippen molar-refractivity contribution in [3.63, 3.8) is 0 Å². The van der Waals surface area contributed by atoms with Gasteiger partial charge >= 0.3 is 0 Å². The lowest BCUT2D eigenvalue weighted by Crippen LogP contribution is -2.26. The van der Waals surface area contributed by atoms with Crippen molar-refractivity contribution in [1.82, 2.24) is 0 Å². The maximum Gasteiger partial charge on any atom is 0.258 e. The van der Waals surface area contributed by atoms with Crippen molar-refractivity contribution in [2.45, 2.75) is 44.0 Å². The van der Waals surface area contributed by atoms with Crippen molar-refractivity contribution in [3.8, 4) is 0 Å². The van der Waals surface area contributed by atoms with Crippen LogP contribution in [0.25, 0.3) is 0 Å². The average Bonchev–Trinajstić information content (AvgIpc) is 2.84. The Morgan fingerprint density at radius 2 is 1.55 bits per heavy atom. The summed E-state index contributed by atoms with van der Waals surface area (Å²) in [5.41, 5.74) is 2.11. The molecular formula is C27H32FN2O2P. The van der Waals surface area contributed by atoms with E-state index in [1.807, 2.05) is 73.6 Å². The van der Waals surface area contributed by atoms with Gasteiger partial charge in [0.2, 0.25) is 0 Å². The Labute approximate surface area is 196 Å². The molecule has 174 valence electrons. The fraction of sp³-hybridized carbons (Fsp3) is 0.333. The molecule has 0 aromatic heterocycles. The van der Waals surface area contributed by atoms with Gasteiger partial charge in [-0.2, -0.15) is 0 Å². The zero-order valence-corrected chi connectivity index (χ0v) is 20.2. The summed E-state index contributed by atoms with van der Waals surface area (Å²) in [6.07, 6.45) is 4.91. The van der Waals surface area contributed by atoms with Gasteiger partial charge < -0.3 is 14.7 Å². The van der Waals surface area contributed by atoms with E-state index >= 15 is 4.39 Å². The second-order valence-electron chi connectivity index (χ2n) is 8.81. The quantitative estimate of drug-likeness (QED) is 0.365. The van der Waals surface area contributed by atoms with Gasteiger partial charge in [-0.1, -0.05) is 55.7 Å². The number of nitrogens with zero attached hydrogens (tertiary/aromatic N) is 1.